The number of nitrogens with zero attached hydrogens (tertiary/aromatic N) is 2. The number of benzene rings is 2. The third kappa shape index (κ3) is 3.71. The first-order valence-electron chi connectivity index (χ1n) is 8.04. The third-order valence-electron chi connectivity index (χ3n) is 4.01. The molecule has 0 aliphatic heterocycles. The van der Waals surface area contributed by atoms with Gasteiger partial charge in [0.2, 0.25) is 0 Å². The maximum atomic E-state index is 12.5. The van der Waals surface area contributed by atoms with Crippen LogP contribution in [0.25, 0.3) is 5.69 Å². The number of phenolic OH excluding ortho intramolecular Hbond substituents is 1. The molecule has 0 aliphatic rings. The minimum absolute atomic E-state index is 0.00592. The van der Waals surface area contributed by atoms with Gasteiger partial charge in [-0.2, -0.15) is 9.78 Å². The molecule has 1 aromatic heterocycles. The van der Waals surface area contributed by atoms with Gasteiger partial charge in [0, 0.05) is 0 Å². The van der Waals surface area contributed by atoms with E-state index in [0.717, 1.165) is 0 Å². The molecule has 3 N–H and O–H groups in total. The van der Waals surface area contributed by atoms with E-state index >= 15 is 0 Å². The van der Waals surface area contributed by atoms with Crippen LogP contribution in [0.1, 0.15) is 18.6 Å². The van der Waals surface area contributed by atoms with Crippen molar-refractivity contribution in [2.75, 3.05) is 5.32 Å². The maximum Gasteiger partial charge on any atom is 0.292 e. The van der Waals surface area contributed by atoms with Crippen LogP contribution in [0.2, 0.25) is 5.02 Å². The average molecular weight is 372 g/mol. The number of aromatic hydroxyl groups is 1. The molecule has 0 amide bonds. The molecule has 3 aromatic rings. The fraction of sp³-hybridized carbons (Fsp3) is 0.158. The fourth-order valence-corrected chi connectivity index (χ4v) is 2.75. The summed E-state index contributed by atoms with van der Waals surface area (Å²) in [4.78, 5) is 12.5. The second kappa shape index (κ2) is 7.59. The number of phenols is 1. The summed E-state index contributed by atoms with van der Waals surface area (Å²) in [6, 6.07) is 14.8. The Morgan fingerprint density at radius 1 is 1.12 bits per heavy atom. The van der Waals surface area contributed by atoms with Gasteiger partial charge in [0.25, 0.3) is 5.56 Å². The number of para-hydroxylation sites is 1. The van der Waals surface area contributed by atoms with Crippen LogP contribution in [0, 0.1) is 0 Å². The van der Waals surface area contributed by atoms with Crippen LogP contribution in [0.15, 0.2) is 65.6 Å². The predicted molar refractivity (Wildman–Crippen MR) is 101 cm³/mol. The molecule has 0 saturated carbocycles. The highest BCUT2D eigenvalue weighted by atomic mass is 35.5. The zero-order chi connectivity index (χ0) is 18.7. The lowest BCUT2D eigenvalue weighted by Crippen LogP contribution is -2.27. The second-order valence-electron chi connectivity index (χ2n) is 5.89. The lowest BCUT2D eigenvalue weighted by Gasteiger charge is -2.22. The van der Waals surface area contributed by atoms with Crippen LogP contribution >= 0.6 is 11.6 Å². The molecule has 0 unspecified atom stereocenters. The summed E-state index contributed by atoms with van der Waals surface area (Å²) in [5, 5.41) is 26.9. The summed E-state index contributed by atoms with van der Waals surface area (Å²) < 4.78 is 1.22. The van der Waals surface area contributed by atoms with Crippen molar-refractivity contribution < 1.29 is 10.2 Å². The molecule has 134 valence electrons. The quantitative estimate of drug-likeness (QED) is 0.641. The van der Waals surface area contributed by atoms with Crippen LogP contribution in [-0.4, -0.2) is 26.0 Å². The van der Waals surface area contributed by atoms with Crippen molar-refractivity contribution in [2.24, 2.45) is 0 Å². The smallest absolute Gasteiger partial charge is 0.292 e. The summed E-state index contributed by atoms with van der Waals surface area (Å²) >= 11 is 6.21. The molecule has 1 heterocycles. The molecule has 7 heteroatoms. The fourth-order valence-electron chi connectivity index (χ4n) is 2.57. The molecular formula is C19H18ClN3O3. The van der Waals surface area contributed by atoms with Gasteiger partial charge in [-0.25, -0.2) is 0 Å². The highest BCUT2D eigenvalue weighted by Crippen LogP contribution is 2.24. The normalized spacial score (nSPS) is 13.2. The Balaban J connectivity index is 1.83. The second-order valence-corrected chi connectivity index (χ2v) is 6.27. The summed E-state index contributed by atoms with van der Waals surface area (Å²) in [6.07, 6.45) is 0.597. The Hall–Kier alpha value is -2.83. The molecule has 0 radical (unpaired) electrons. The highest BCUT2D eigenvalue weighted by molar-refractivity contribution is 6.33. The van der Waals surface area contributed by atoms with Crippen LogP contribution in [0.5, 0.6) is 5.75 Å². The molecule has 3 rings (SSSR count). The number of halogens is 1. The van der Waals surface area contributed by atoms with Crippen molar-refractivity contribution in [3.63, 3.8) is 0 Å². The summed E-state index contributed by atoms with van der Waals surface area (Å²) in [6.45, 7) is 1.76. The average Bonchev–Trinajstić information content (AvgIpc) is 2.66. The van der Waals surface area contributed by atoms with Gasteiger partial charge >= 0.3 is 0 Å². The van der Waals surface area contributed by atoms with Gasteiger partial charge in [0.15, 0.2) is 0 Å². The summed E-state index contributed by atoms with van der Waals surface area (Å²) in [5.74, 6) is 0.123. The maximum absolute atomic E-state index is 12.5. The molecule has 0 spiro atoms. The lowest BCUT2D eigenvalue weighted by molar-refractivity contribution is 0.160. The Kier molecular flexibility index (Phi) is 5.25. The number of hydrogen-bond acceptors (Lipinski definition) is 5. The summed E-state index contributed by atoms with van der Waals surface area (Å²) in [5.41, 5.74) is 1.14. The topological polar surface area (TPSA) is 87.4 Å². The molecule has 0 saturated heterocycles. The number of hydrogen-bond donors (Lipinski definition) is 3. The van der Waals surface area contributed by atoms with Gasteiger partial charge in [0.05, 0.1) is 29.7 Å². The van der Waals surface area contributed by atoms with E-state index in [1.807, 2.05) is 6.07 Å². The van der Waals surface area contributed by atoms with Crippen molar-refractivity contribution >= 4 is 17.3 Å². The van der Waals surface area contributed by atoms with Crippen molar-refractivity contribution in [1.82, 2.24) is 9.78 Å². The number of nitrogens with one attached hydrogen (secondary N) is 1. The SMILES string of the molecule is C[C@@H](Nc1cnn(-c2ccccc2)c(=O)c1Cl)[C@H](O)c1ccc(O)cc1. The Morgan fingerprint density at radius 2 is 1.77 bits per heavy atom. The first-order valence-corrected chi connectivity index (χ1v) is 8.42. The van der Waals surface area contributed by atoms with Crippen LogP contribution < -0.4 is 10.9 Å². The Bertz CT molecular complexity index is 942. The molecule has 2 atom stereocenters. The van der Waals surface area contributed by atoms with Crippen molar-refractivity contribution in [1.29, 1.82) is 0 Å². The van der Waals surface area contributed by atoms with Crippen molar-refractivity contribution in [3.05, 3.63) is 81.7 Å². The van der Waals surface area contributed by atoms with Crippen LogP contribution in [0.3, 0.4) is 0 Å². The number of aromatic nitrogens is 2. The minimum atomic E-state index is -0.858. The van der Waals surface area contributed by atoms with E-state index in [0.29, 0.717) is 16.9 Å². The Labute approximate surface area is 155 Å². The minimum Gasteiger partial charge on any atom is -0.508 e. The van der Waals surface area contributed by atoms with Gasteiger partial charge in [0.1, 0.15) is 10.8 Å². The van der Waals surface area contributed by atoms with Crippen LogP contribution in [0.4, 0.5) is 5.69 Å². The molecule has 26 heavy (non-hydrogen) atoms. The lowest BCUT2D eigenvalue weighted by atomic mass is 10.0. The van der Waals surface area contributed by atoms with Gasteiger partial charge in [-0.15, -0.1) is 0 Å². The molecule has 0 fully saturated rings. The highest BCUT2D eigenvalue weighted by Gasteiger charge is 2.19. The monoisotopic (exact) mass is 371 g/mol. The van der Waals surface area contributed by atoms with Gasteiger partial charge in [-0.3, -0.25) is 4.79 Å². The molecule has 2 aromatic carbocycles. The largest absolute Gasteiger partial charge is 0.508 e. The van der Waals surface area contributed by atoms with Gasteiger partial charge in [-0.05, 0) is 36.8 Å². The van der Waals surface area contributed by atoms with Gasteiger partial charge in [-0.1, -0.05) is 41.9 Å². The molecule has 0 aliphatic carbocycles. The first-order chi connectivity index (χ1) is 12.5. The van der Waals surface area contributed by atoms with E-state index in [4.69, 9.17) is 11.6 Å². The van der Waals surface area contributed by atoms with Gasteiger partial charge < -0.3 is 15.5 Å². The van der Waals surface area contributed by atoms with E-state index < -0.39 is 17.7 Å². The third-order valence-corrected chi connectivity index (χ3v) is 4.38. The van der Waals surface area contributed by atoms with E-state index in [9.17, 15) is 15.0 Å². The van der Waals surface area contributed by atoms with E-state index in [1.54, 1.807) is 43.3 Å². The molecule has 6 nitrogen and oxygen atoms in total. The first kappa shape index (κ1) is 18.0. The number of rotatable bonds is 5. The van der Waals surface area contributed by atoms with Crippen molar-refractivity contribution in [3.8, 4) is 11.4 Å². The molecular weight excluding hydrogens is 354 g/mol. The standard InChI is InChI=1S/C19H18ClN3O3/c1-12(18(25)13-7-9-15(24)10-8-13)22-16-11-21-23(19(26)17(16)20)14-5-3-2-4-6-14/h2-12,18,22,24-25H,1H3/t12-,18+/m1/s1. The zero-order valence-electron chi connectivity index (χ0n) is 14.0. The predicted octanol–water partition coefficient (Wildman–Crippen LogP) is 3.13. The zero-order valence-corrected chi connectivity index (χ0v) is 14.8. The number of aliphatic hydroxyl groups excluding tert-OH is 1. The van der Waals surface area contributed by atoms with Crippen LogP contribution in [-0.2, 0) is 0 Å². The molecule has 0 bridgehead atoms. The van der Waals surface area contributed by atoms with E-state index in [2.05, 4.69) is 10.4 Å². The summed E-state index contributed by atoms with van der Waals surface area (Å²) in [7, 11) is 0. The Morgan fingerprint density at radius 3 is 2.42 bits per heavy atom. The van der Waals surface area contributed by atoms with E-state index in [-0.39, 0.29) is 10.8 Å². The number of anilines is 1. The van der Waals surface area contributed by atoms with E-state index in [1.165, 1.54) is 23.0 Å². The number of aliphatic hydroxyl groups is 1. The van der Waals surface area contributed by atoms with Crippen molar-refractivity contribution in [2.45, 2.75) is 19.1 Å².